The van der Waals surface area contributed by atoms with Crippen LogP contribution in [0.2, 0.25) is 0 Å². The third kappa shape index (κ3) is 2.23. The van der Waals surface area contributed by atoms with Gasteiger partial charge in [0.1, 0.15) is 0 Å². The Balaban J connectivity index is 1.91. The largest absolute Gasteiger partial charge is 0.393 e. The lowest BCUT2D eigenvalue weighted by atomic mass is 10.00. The van der Waals surface area contributed by atoms with Gasteiger partial charge in [-0.15, -0.1) is 0 Å². The van der Waals surface area contributed by atoms with E-state index < -0.39 is 0 Å². The van der Waals surface area contributed by atoms with Gasteiger partial charge in [0.15, 0.2) is 0 Å². The Bertz CT molecular complexity index is 309. The number of imide groups is 1. The quantitative estimate of drug-likeness (QED) is 0.752. The van der Waals surface area contributed by atoms with E-state index in [1.165, 1.54) is 4.90 Å². The second-order valence-corrected chi connectivity index (χ2v) is 5.45. The molecule has 0 radical (unpaired) electrons. The summed E-state index contributed by atoms with van der Waals surface area (Å²) in [6.45, 7) is 4.11. The Morgan fingerprint density at radius 2 is 1.76 bits per heavy atom. The van der Waals surface area contributed by atoms with Gasteiger partial charge in [0.25, 0.3) is 0 Å². The van der Waals surface area contributed by atoms with Gasteiger partial charge in [-0.1, -0.05) is 20.3 Å². The van der Waals surface area contributed by atoms with Crippen LogP contribution in [-0.2, 0) is 9.59 Å². The normalized spacial score (nSPS) is 38.2. The van der Waals surface area contributed by atoms with Gasteiger partial charge in [0.2, 0.25) is 11.8 Å². The highest BCUT2D eigenvalue weighted by molar-refractivity contribution is 6.04. The summed E-state index contributed by atoms with van der Waals surface area (Å²) < 4.78 is 0. The molecule has 1 heterocycles. The van der Waals surface area contributed by atoms with Crippen LogP contribution >= 0.6 is 0 Å². The predicted molar refractivity (Wildman–Crippen MR) is 63.0 cm³/mol. The smallest absolute Gasteiger partial charge is 0.232 e. The Hall–Kier alpha value is -0.900. The molecule has 4 nitrogen and oxygen atoms in total. The van der Waals surface area contributed by atoms with E-state index in [0.29, 0.717) is 6.54 Å². The molecule has 1 saturated heterocycles. The third-order valence-electron chi connectivity index (χ3n) is 4.40. The number of likely N-dealkylation sites (tertiary alicyclic amines) is 1. The van der Waals surface area contributed by atoms with Crippen LogP contribution in [0.15, 0.2) is 0 Å². The van der Waals surface area contributed by atoms with E-state index in [0.717, 1.165) is 25.7 Å². The molecule has 4 heteroatoms. The first-order chi connectivity index (χ1) is 8.02. The number of rotatable bonds is 3. The van der Waals surface area contributed by atoms with Gasteiger partial charge in [0.05, 0.1) is 6.10 Å². The first-order valence-electron chi connectivity index (χ1n) is 6.55. The average molecular weight is 239 g/mol. The number of aliphatic hydroxyl groups is 1. The van der Waals surface area contributed by atoms with Crippen molar-refractivity contribution >= 4 is 11.8 Å². The summed E-state index contributed by atoms with van der Waals surface area (Å²) in [5.41, 5.74) is 0. The first-order valence-corrected chi connectivity index (χ1v) is 6.55. The number of hydrogen-bond donors (Lipinski definition) is 1. The molecule has 0 spiro atoms. The van der Waals surface area contributed by atoms with E-state index in [2.05, 4.69) is 0 Å². The van der Waals surface area contributed by atoms with Gasteiger partial charge in [-0.3, -0.25) is 14.5 Å². The molecule has 0 aromatic carbocycles. The number of aliphatic hydroxyl groups excluding tert-OH is 1. The van der Waals surface area contributed by atoms with Crippen molar-refractivity contribution in [3.8, 4) is 0 Å². The Morgan fingerprint density at radius 1 is 1.18 bits per heavy atom. The highest BCUT2D eigenvalue weighted by atomic mass is 16.3. The number of carbonyl (C=O) groups excluding carboxylic acids is 2. The van der Waals surface area contributed by atoms with Crippen LogP contribution in [0.4, 0.5) is 0 Å². The Morgan fingerprint density at radius 3 is 2.24 bits per heavy atom. The Labute approximate surface area is 102 Å². The number of carbonyl (C=O) groups is 2. The Kier molecular flexibility index (Phi) is 3.52. The summed E-state index contributed by atoms with van der Waals surface area (Å²) >= 11 is 0. The van der Waals surface area contributed by atoms with Crippen LogP contribution < -0.4 is 0 Å². The highest BCUT2D eigenvalue weighted by Gasteiger charge is 2.42. The van der Waals surface area contributed by atoms with Crippen LogP contribution in [0.3, 0.4) is 0 Å². The minimum Gasteiger partial charge on any atom is -0.393 e. The fourth-order valence-corrected chi connectivity index (χ4v) is 2.90. The van der Waals surface area contributed by atoms with E-state index in [1.807, 2.05) is 13.8 Å². The predicted octanol–water partition coefficient (Wildman–Crippen LogP) is 1.18. The number of amides is 2. The molecule has 2 amide bonds. The second kappa shape index (κ2) is 4.77. The minimum atomic E-state index is -0.238. The van der Waals surface area contributed by atoms with Crippen LogP contribution in [0, 0.1) is 17.8 Å². The summed E-state index contributed by atoms with van der Waals surface area (Å²) in [6.07, 6.45) is 3.44. The molecule has 0 aromatic rings. The van der Waals surface area contributed by atoms with Gasteiger partial charge in [0, 0.05) is 18.4 Å². The van der Waals surface area contributed by atoms with Gasteiger partial charge in [-0.05, 0) is 25.2 Å². The third-order valence-corrected chi connectivity index (χ3v) is 4.40. The van der Waals surface area contributed by atoms with E-state index in [9.17, 15) is 14.7 Å². The van der Waals surface area contributed by atoms with Crippen molar-refractivity contribution in [1.29, 1.82) is 0 Å². The lowest BCUT2D eigenvalue weighted by molar-refractivity contribution is -0.140. The molecule has 2 rings (SSSR count). The molecular formula is C13H21NO3. The molecule has 4 unspecified atom stereocenters. The molecule has 1 aliphatic heterocycles. The van der Waals surface area contributed by atoms with Crippen molar-refractivity contribution < 1.29 is 14.7 Å². The van der Waals surface area contributed by atoms with E-state index in [-0.39, 0.29) is 35.7 Å². The minimum absolute atomic E-state index is 0.0463. The van der Waals surface area contributed by atoms with Crippen LogP contribution in [0.1, 0.15) is 39.5 Å². The molecule has 2 fully saturated rings. The van der Waals surface area contributed by atoms with E-state index >= 15 is 0 Å². The monoisotopic (exact) mass is 239 g/mol. The lowest BCUT2D eigenvalue weighted by Gasteiger charge is -2.19. The van der Waals surface area contributed by atoms with Gasteiger partial charge < -0.3 is 5.11 Å². The summed E-state index contributed by atoms with van der Waals surface area (Å²) in [4.78, 5) is 25.1. The highest BCUT2D eigenvalue weighted by Crippen LogP contribution is 2.30. The zero-order chi connectivity index (χ0) is 12.6. The van der Waals surface area contributed by atoms with Gasteiger partial charge >= 0.3 is 0 Å². The zero-order valence-electron chi connectivity index (χ0n) is 10.6. The molecule has 96 valence electrons. The topological polar surface area (TPSA) is 57.6 Å². The maximum Gasteiger partial charge on any atom is 0.232 e. The molecular weight excluding hydrogens is 218 g/mol. The zero-order valence-corrected chi connectivity index (χ0v) is 10.6. The molecule has 1 saturated carbocycles. The van der Waals surface area contributed by atoms with Crippen LogP contribution in [-0.4, -0.2) is 34.5 Å². The van der Waals surface area contributed by atoms with Gasteiger partial charge in [-0.25, -0.2) is 0 Å². The fraction of sp³-hybridized carbons (Fsp3) is 0.846. The molecule has 1 aliphatic carbocycles. The van der Waals surface area contributed by atoms with E-state index in [4.69, 9.17) is 0 Å². The fourth-order valence-electron chi connectivity index (χ4n) is 2.90. The lowest BCUT2D eigenvalue weighted by Crippen LogP contribution is -2.33. The second-order valence-electron chi connectivity index (χ2n) is 5.45. The molecule has 0 bridgehead atoms. The molecule has 2 aliphatic rings. The van der Waals surface area contributed by atoms with Crippen molar-refractivity contribution in [2.24, 2.45) is 17.8 Å². The summed E-state index contributed by atoms with van der Waals surface area (Å²) in [5, 5.41) is 9.71. The maximum atomic E-state index is 11.9. The summed E-state index contributed by atoms with van der Waals surface area (Å²) in [7, 11) is 0. The maximum absolute atomic E-state index is 11.9. The van der Waals surface area contributed by atoms with Crippen molar-refractivity contribution in [1.82, 2.24) is 4.90 Å². The molecule has 0 aromatic heterocycles. The van der Waals surface area contributed by atoms with Crippen molar-refractivity contribution in [3.05, 3.63) is 0 Å². The number of hydrogen-bond acceptors (Lipinski definition) is 3. The SMILES string of the molecule is CC1C(=O)N(CCC2CCCC2O)C(=O)C1C. The summed E-state index contributed by atoms with van der Waals surface area (Å²) in [5.74, 6) is -0.196. The molecule has 1 N–H and O–H groups in total. The van der Waals surface area contributed by atoms with Crippen LogP contribution in [0.5, 0.6) is 0 Å². The number of nitrogens with zero attached hydrogens (tertiary/aromatic N) is 1. The molecule has 17 heavy (non-hydrogen) atoms. The first kappa shape index (κ1) is 12.6. The summed E-state index contributed by atoms with van der Waals surface area (Å²) in [6, 6.07) is 0. The van der Waals surface area contributed by atoms with Crippen molar-refractivity contribution in [3.63, 3.8) is 0 Å². The standard InChI is InChI=1S/C13H21NO3/c1-8-9(2)13(17)14(12(8)16)7-6-10-4-3-5-11(10)15/h8-11,15H,3-7H2,1-2H3. The van der Waals surface area contributed by atoms with E-state index in [1.54, 1.807) is 0 Å². The average Bonchev–Trinajstić information content (AvgIpc) is 2.78. The van der Waals surface area contributed by atoms with Crippen LogP contribution in [0.25, 0.3) is 0 Å². The molecule has 4 atom stereocenters. The van der Waals surface area contributed by atoms with Crippen molar-refractivity contribution in [2.75, 3.05) is 6.54 Å². The van der Waals surface area contributed by atoms with Crippen molar-refractivity contribution in [2.45, 2.75) is 45.6 Å². The van der Waals surface area contributed by atoms with Gasteiger partial charge in [-0.2, -0.15) is 0 Å².